The van der Waals surface area contributed by atoms with E-state index in [2.05, 4.69) is 11.8 Å². The highest BCUT2D eigenvalue weighted by Crippen LogP contribution is 2.29. The third-order valence-corrected chi connectivity index (χ3v) is 2.14. The summed E-state index contributed by atoms with van der Waals surface area (Å²) in [6.07, 6.45) is -4.08. The van der Waals surface area contributed by atoms with E-state index in [1.54, 1.807) is 6.92 Å². The van der Waals surface area contributed by atoms with Crippen molar-refractivity contribution in [3.63, 3.8) is 0 Å². The number of halogens is 3. The summed E-state index contributed by atoms with van der Waals surface area (Å²) >= 11 is 0. The predicted molar refractivity (Wildman–Crippen MR) is 58.2 cm³/mol. The normalized spacial score (nSPS) is 10.6. The molecule has 0 bridgehead atoms. The van der Waals surface area contributed by atoms with Crippen molar-refractivity contribution in [3.8, 4) is 11.8 Å². The predicted octanol–water partition coefficient (Wildman–Crippen LogP) is 3.23. The molecule has 0 fully saturated rings. The van der Waals surface area contributed by atoms with Crippen molar-refractivity contribution in [2.24, 2.45) is 0 Å². The van der Waals surface area contributed by atoms with Gasteiger partial charge in [0.25, 0.3) is 0 Å². The van der Waals surface area contributed by atoms with Crippen molar-refractivity contribution < 1.29 is 18.0 Å². The van der Waals surface area contributed by atoms with Crippen molar-refractivity contribution in [1.29, 1.82) is 0 Å². The maximum absolute atomic E-state index is 12.3. The average molecular weight is 240 g/mol. The molecule has 0 saturated carbocycles. The highest BCUT2D eigenvalue weighted by atomic mass is 19.4. The topological polar surface area (TPSA) is 17.1 Å². The Balaban J connectivity index is 2.68. The number of alkyl halides is 3. The Morgan fingerprint density at radius 2 is 1.82 bits per heavy atom. The van der Waals surface area contributed by atoms with E-state index in [9.17, 15) is 18.0 Å². The Morgan fingerprint density at radius 3 is 2.29 bits per heavy atom. The molecule has 4 heteroatoms. The summed E-state index contributed by atoms with van der Waals surface area (Å²) in [4.78, 5) is 11.3. The molecule has 1 nitrogen and oxygen atoms in total. The quantitative estimate of drug-likeness (QED) is 0.741. The molecule has 0 aromatic heterocycles. The zero-order chi connectivity index (χ0) is 12.9. The summed E-state index contributed by atoms with van der Waals surface area (Å²) in [6.45, 7) is 1.63. The molecule has 0 N–H and O–H groups in total. The Kier molecular flexibility index (Phi) is 4.33. The van der Waals surface area contributed by atoms with Gasteiger partial charge in [0.1, 0.15) is 5.78 Å². The van der Waals surface area contributed by atoms with Crippen LogP contribution in [0, 0.1) is 11.8 Å². The molecule has 0 aliphatic carbocycles. The van der Waals surface area contributed by atoms with Crippen LogP contribution in [0.25, 0.3) is 0 Å². The molecule has 0 aliphatic rings. The third kappa shape index (κ3) is 4.31. The van der Waals surface area contributed by atoms with E-state index in [1.807, 2.05) is 0 Å². The molecule has 1 rings (SSSR count). The molecule has 1 aromatic rings. The fourth-order valence-electron chi connectivity index (χ4n) is 1.29. The summed E-state index contributed by atoms with van der Waals surface area (Å²) in [5.41, 5.74) is -0.136. The van der Waals surface area contributed by atoms with Crippen LogP contribution >= 0.6 is 0 Å². The van der Waals surface area contributed by atoms with E-state index < -0.39 is 11.7 Å². The van der Waals surface area contributed by atoms with Gasteiger partial charge in [0.05, 0.1) is 12.0 Å². The second-order valence-corrected chi connectivity index (χ2v) is 3.51. The van der Waals surface area contributed by atoms with Gasteiger partial charge < -0.3 is 0 Å². The van der Waals surface area contributed by atoms with Crippen LogP contribution in [-0.4, -0.2) is 5.78 Å². The van der Waals surface area contributed by atoms with Gasteiger partial charge in [-0.25, -0.2) is 0 Å². The SMILES string of the molecule is CC#CCC(=O)Cc1ccc(C(F)(F)F)cc1. The number of rotatable bonds is 3. The highest BCUT2D eigenvalue weighted by Gasteiger charge is 2.29. The average Bonchev–Trinajstić information content (AvgIpc) is 2.26. The Morgan fingerprint density at radius 1 is 1.24 bits per heavy atom. The molecular weight excluding hydrogens is 229 g/mol. The first-order valence-corrected chi connectivity index (χ1v) is 5.01. The molecule has 90 valence electrons. The molecule has 0 unspecified atom stereocenters. The van der Waals surface area contributed by atoms with Gasteiger partial charge in [-0.15, -0.1) is 5.92 Å². The lowest BCUT2D eigenvalue weighted by Gasteiger charge is -2.06. The number of carbonyl (C=O) groups excluding carboxylic acids is 1. The molecule has 0 radical (unpaired) electrons. The molecule has 0 atom stereocenters. The first-order valence-electron chi connectivity index (χ1n) is 5.01. The minimum absolute atomic E-state index is 0.0980. The second-order valence-electron chi connectivity index (χ2n) is 3.51. The fourth-order valence-corrected chi connectivity index (χ4v) is 1.29. The number of benzene rings is 1. The van der Waals surface area contributed by atoms with Gasteiger partial charge in [-0.05, 0) is 24.6 Å². The number of hydrogen-bond donors (Lipinski definition) is 0. The third-order valence-electron chi connectivity index (χ3n) is 2.14. The zero-order valence-electron chi connectivity index (χ0n) is 9.27. The molecule has 0 heterocycles. The Bertz CT molecular complexity index is 446. The summed E-state index contributed by atoms with van der Waals surface area (Å²) < 4.78 is 36.8. The summed E-state index contributed by atoms with van der Waals surface area (Å²) in [7, 11) is 0. The van der Waals surface area contributed by atoms with Gasteiger partial charge in [-0.2, -0.15) is 13.2 Å². The largest absolute Gasteiger partial charge is 0.416 e. The maximum atomic E-state index is 12.3. The second kappa shape index (κ2) is 5.53. The fraction of sp³-hybridized carbons (Fsp3) is 0.308. The van der Waals surface area contributed by atoms with Crippen LogP contribution in [0.1, 0.15) is 24.5 Å². The van der Waals surface area contributed by atoms with Crippen LogP contribution in [0.3, 0.4) is 0 Å². The van der Waals surface area contributed by atoms with Crippen LogP contribution in [0.5, 0.6) is 0 Å². The highest BCUT2D eigenvalue weighted by molar-refractivity contribution is 5.83. The molecule has 0 amide bonds. The van der Waals surface area contributed by atoms with Gasteiger partial charge in [0, 0.05) is 6.42 Å². The van der Waals surface area contributed by atoms with E-state index in [0.717, 1.165) is 12.1 Å². The van der Waals surface area contributed by atoms with Crippen LogP contribution in [0.2, 0.25) is 0 Å². The van der Waals surface area contributed by atoms with Crippen molar-refractivity contribution in [2.75, 3.05) is 0 Å². The van der Waals surface area contributed by atoms with Gasteiger partial charge in [0.2, 0.25) is 0 Å². The summed E-state index contributed by atoms with van der Waals surface area (Å²) in [6, 6.07) is 4.60. The van der Waals surface area contributed by atoms with Crippen LogP contribution in [-0.2, 0) is 17.4 Å². The van der Waals surface area contributed by atoms with Crippen molar-refractivity contribution >= 4 is 5.78 Å². The summed E-state index contributed by atoms with van der Waals surface area (Å²) in [5, 5.41) is 0. The first-order chi connectivity index (χ1) is 7.93. The van der Waals surface area contributed by atoms with Gasteiger partial charge in [-0.3, -0.25) is 4.79 Å². The van der Waals surface area contributed by atoms with E-state index >= 15 is 0 Å². The van der Waals surface area contributed by atoms with Crippen molar-refractivity contribution in [1.82, 2.24) is 0 Å². The first kappa shape index (κ1) is 13.3. The molecular formula is C13H11F3O. The smallest absolute Gasteiger partial charge is 0.298 e. The molecule has 0 saturated heterocycles. The van der Waals surface area contributed by atoms with E-state index in [1.165, 1.54) is 12.1 Å². The van der Waals surface area contributed by atoms with Gasteiger partial charge >= 0.3 is 6.18 Å². The number of Topliss-reactive ketones (excluding diaryl/α,β-unsaturated/α-hetero) is 1. The Hall–Kier alpha value is -1.76. The molecule has 17 heavy (non-hydrogen) atoms. The Labute approximate surface area is 97.6 Å². The lowest BCUT2D eigenvalue weighted by molar-refractivity contribution is -0.137. The van der Waals surface area contributed by atoms with E-state index in [0.29, 0.717) is 5.56 Å². The summed E-state index contributed by atoms with van der Waals surface area (Å²) in [5.74, 6) is 5.12. The minimum atomic E-state index is -4.34. The van der Waals surface area contributed by atoms with Gasteiger partial charge in [0.15, 0.2) is 0 Å². The van der Waals surface area contributed by atoms with E-state index in [-0.39, 0.29) is 18.6 Å². The van der Waals surface area contributed by atoms with Crippen LogP contribution in [0.15, 0.2) is 24.3 Å². The molecule has 0 spiro atoms. The maximum Gasteiger partial charge on any atom is 0.416 e. The monoisotopic (exact) mass is 240 g/mol. The lowest BCUT2D eigenvalue weighted by atomic mass is 10.1. The van der Waals surface area contributed by atoms with Crippen molar-refractivity contribution in [2.45, 2.75) is 25.9 Å². The molecule has 1 aromatic carbocycles. The number of ketones is 1. The lowest BCUT2D eigenvalue weighted by Crippen LogP contribution is -2.06. The number of carbonyl (C=O) groups is 1. The minimum Gasteiger partial charge on any atom is -0.298 e. The molecule has 0 aliphatic heterocycles. The van der Waals surface area contributed by atoms with Crippen LogP contribution < -0.4 is 0 Å². The van der Waals surface area contributed by atoms with Crippen molar-refractivity contribution in [3.05, 3.63) is 35.4 Å². The van der Waals surface area contributed by atoms with Crippen LogP contribution in [0.4, 0.5) is 13.2 Å². The standard InChI is InChI=1S/C13H11F3O/c1-2-3-4-12(17)9-10-5-7-11(8-6-10)13(14,15)16/h5-8H,4,9H2,1H3. The number of hydrogen-bond acceptors (Lipinski definition) is 1. The zero-order valence-corrected chi connectivity index (χ0v) is 9.27. The van der Waals surface area contributed by atoms with Gasteiger partial charge in [-0.1, -0.05) is 18.1 Å². The van der Waals surface area contributed by atoms with E-state index in [4.69, 9.17) is 0 Å².